The van der Waals surface area contributed by atoms with Crippen molar-refractivity contribution < 1.29 is 9.84 Å². The van der Waals surface area contributed by atoms with Crippen molar-refractivity contribution in [2.75, 3.05) is 7.11 Å². The highest BCUT2D eigenvalue weighted by atomic mass is 32.1. The lowest BCUT2D eigenvalue weighted by molar-refractivity contribution is 0.381. The van der Waals surface area contributed by atoms with Crippen molar-refractivity contribution in [2.24, 2.45) is 0 Å². The van der Waals surface area contributed by atoms with E-state index in [0.717, 1.165) is 0 Å². The van der Waals surface area contributed by atoms with Gasteiger partial charge in [0.25, 0.3) is 0 Å². The fourth-order valence-electron chi connectivity index (χ4n) is 0.445. The second-order valence-corrected chi connectivity index (χ2v) is 2.19. The number of hydrogen-bond donors (Lipinski definition) is 1. The molecule has 0 fully saturated rings. The Bertz CT molecular complexity index is 171. The topological polar surface area (TPSA) is 29.5 Å². The summed E-state index contributed by atoms with van der Waals surface area (Å²) in [5.74, 6) is 0.551. The van der Waals surface area contributed by atoms with Gasteiger partial charge in [0.1, 0.15) is 0 Å². The van der Waals surface area contributed by atoms with Gasteiger partial charge < -0.3 is 9.84 Å². The first kappa shape index (κ1) is 5.44. The lowest BCUT2D eigenvalue weighted by atomic mass is 10.6. The molecule has 0 spiro atoms. The summed E-state index contributed by atoms with van der Waals surface area (Å²) in [7, 11) is 1.53. The van der Waals surface area contributed by atoms with Crippen LogP contribution in [0.4, 0.5) is 0 Å². The van der Waals surface area contributed by atoms with Gasteiger partial charge in [-0.1, -0.05) is 0 Å². The van der Waals surface area contributed by atoms with E-state index in [0.29, 0.717) is 5.75 Å². The van der Waals surface area contributed by atoms with E-state index in [1.165, 1.54) is 18.4 Å². The Morgan fingerprint density at radius 2 is 2.50 bits per heavy atom. The van der Waals surface area contributed by atoms with Gasteiger partial charge in [0.15, 0.2) is 5.75 Å². The maximum absolute atomic E-state index is 8.84. The molecule has 1 N–H and O–H groups in total. The number of thiophene rings is 1. The van der Waals surface area contributed by atoms with Crippen molar-refractivity contribution in [3.63, 3.8) is 0 Å². The first-order chi connectivity index (χ1) is 3.84. The zero-order valence-electron chi connectivity index (χ0n) is 4.42. The van der Waals surface area contributed by atoms with Crippen LogP contribution >= 0.6 is 11.3 Å². The zero-order chi connectivity index (χ0) is 5.98. The number of hydrogen-bond acceptors (Lipinski definition) is 3. The molecule has 0 aliphatic rings. The van der Waals surface area contributed by atoms with Crippen LogP contribution in [-0.2, 0) is 0 Å². The highest BCUT2D eigenvalue weighted by Gasteiger charge is 1.97. The van der Waals surface area contributed by atoms with Crippen LogP contribution in [0.1, 0.15) is 0 Å². The molecule has 0 amide bonds. The summed E-state index contributed by atoms with van der Waals surface area (Å²) in [6, 6.07) is 1.72. The highest BCUT2D eigenvalue weighted by Crippen LogP contribution is 2.30. The minimum atomic E-state index is 0.243. The van der Waals surface area contributed by atoms with Crippen molar-refractivity contribution in [2.45, 2.75) is 0 Å². The minimum Gasteiger partial charge on any atom is -0.497 e. The molecule has 44 valence electrons. The maximum atomic E-state index is 8.84. The van der Waals surface area contributed by atoms with Crippen molar-refractivity contribution in [3.05, 3.63) is 11.4 Å². The first-order valence-electron chi connectivity index (χ1n) is 2.15. The van der Waals surface area contributed by atoms with Crippen LogP contribution in [0, 0.1) is 0 Å². The molecule has 8 heavy (non-hydrogen) atoms. The van der Waals surface area contributed by atoms with Gasteiger partial charge in [-0.2, -0.15) is 0 Å². The van der Waals surface area contributed by atoms with Crippen LogP contribution in [0.15, 0.2) is 11.4 Å². The summed E-state index contributed by atoms with van der Waals surface area (Å²) in [6.45, 7) is 0. The van der Waals surface area contributed by atoms with E-state index in [1.54, 1.807) is 11.4 Å². The van der Waals surface area contributed by atoms with Gasteiger partial charge in [0, 0.05) is 0 Å². The number of ether oxygens (including phenoxy) is 1. The Hall–Kier alpha value is -0.700. The fraction of sp³-hybridized carbons (Fsp3) is 0.200. The molecule has 0 saturated heterocycles. The molecule has 0 aromatic carbocycles. The van der Waals surface area contributed by atoms with Gasteiger partial charge >= 0.3 is 0 Å². The van der Waals surface area contributed by atoms with Crippen LogP contribution in [-0.4, -0.2) is 12.2 Å². The van der Waals surface area contributed by atoms with Gasteiger partial charge in [-0.05, 0) is 11.4 Å². The maximum Gasteiger partial charge on any atom is 0.214 e. The van der Waals surface area contributed by atoms with Crippen molar-refractivity contribution in [3.8, 4) is 10.8 Å². The average molecular weight is 130 g/mol. The average Bonchev–Trinajstić information content (AvgIpc) is 2.14. The van der Waals surface area contributed by atoms with E-state index in [2.05, 4.69) is 0 Å². The molecule has 0 unspecified atom stereocenters. The lowest BCUT2D eigenvalue weighted by Crippen LogP contribution is -1.76. The Morgan fingerprint density at radius 1 is 1.75 bits per heavy atom. The molecular formula is C5H6O2S. The largest absolute Gasteiger partial charge is 0.497 e. The van der Waals surface area contributed by atoms with Crippen molar-refractivity contribution >= 4 is 11.3 Å². The second kappa shape index (κ2) is 2.05. The van der Waals surface area contributed by atoms with Gasteiger partial charge in [-0.15, -0.1) is 11.3 Å². The van der Waals surface area contributed by atoms with E-state index >= 15 is 0 Å². The number of rotatable bonds is 1. The Kier molecular flexibility index (Phi) is 1.39. The van der Waals surface area contributed by atoms with Gasteiger partial charge in [-0.3, -0.25) is 0 Å². The standard InChI is InChI=1S/C5H6O2S/c1-7-4-2-3-8-5(4)6/h2-3,6H,1H3. The monoisotopic (exact) mass is 130 g/mol. The third-order valence-corrected chi connectivity index (χ3v) is 1.53. The summed E-state index contributed by atoms with van der Waals surface area (Å²) >= 11 is 1.26. The molecule has 0 aliphatic heterocycles. The SMILES string of the molecule is COc1ccsc1O. The highest BCUT2D eigenvalue weighted by molar-refractivity contribution is 7.12. The smallest absolute Gasteiger partial charge is 0.214 e. The van der Waals surface area contributed by atoms with Crippen molar-refractivity contribution in [1.82, 2.24) is 0 Å². The summed E-state index contributed by atoms with van der Waals surface area (Å²) < 4.78 is 4.75. The molecule has 0 radical (unpaired) electrons. The Labute approximate surface area is 51.3 Å². The molecule has 0 aliphatic carbocycles. The van der Waals surface area contributed by atoms with Gasteiger partial charge in [0.2, 0.25) is 5.06 Å². The first-order valence-corrected chi connectivity index (χ1v) is 3.03. The molecule has 1 rings (SSSR count). The Morgan fingerprint density at radius 3 is 2.75 bits per heavy atom. The van der Waals surface area contributed by atoms with E-state index in [1.807, 2.05) is 0 Å². The third kappa shape index (κ3) is 0.767. The molecule has 0 bridgehead atoms. The normalized spacial score (nSPS) is 9.12. The predicted octanol–water partition coefficient (Wildman–Crippen LogP) is 1.46. The molecule has 1 aromatic rings. The van der Waals surface area contributed by atoms with E-state index < -0.39 is 0 Å². The fourth-order valence-corrected chi connectivity index (χ4v) is 1.03. The van der Waals surface area contributed by atoms with E-state index in [9.17, 15) is 0 Å². The van der Waals surface area contributed by atoms with E-state index in [-0.39, 0.29) is 5.06 Å². The van der Waals surface area contributed by atoms with Gasteiger partial charge in [-0.25, -0.2) is 0 Å². The minimum absolute atomic E-state index is 0.243. The molecule has 3 heteroatoms. The zero-order valence-corrected chi connectivity index (χ0v) is 5.23. The third-order valence-electron chi connectivity index (χ3n) is 0.830. The summed E-state index contributed by atoms with van der Waals surface area (Å²) in [5, 5.41) is 10.9. The van der Waals surface area contributed by atoms with Crippen LogP contribution in [0.3, 0.4) is 0 Å². The quantitative estimate of drug-likeness (QED) is 0.623. The second-order valence-electron chi connectivity index (χ2n) is 1.29. The summed E-state index contributed by atoms with van der Waals surface area (Å²) in [5.41, 5.74) is 0. The van der Waals surface area contributed by atoms with Crippen LogP contribution in [0.2, 0.25) is 0 Å². The van der Waals surface area contributed by atoms with E-state index in [4.69, 9.17) is 9.84 Å². The molecule has 0 saturated carbocycles. The molecule has 0 atom stereocenters. The lowest BCUT2D eigenvalue weighted by Gasteiger charge is -1.91. The summed E-state index contributed by atoms with van der Waals surface area (Å²) in [6.07, 6.45) is 0. The van der Waals surface area contributed by atoms with Crippen LogP contribution in [0.5, 0.6) is 10.8 Å². The predicted molar refractivity (Wildman–Crippen MR) is 32.5 cm³/mol. The molecular weight excluding hydrogens is 124 g/mol. The molecule has 1 aromatic heterocycles. The molecule has 1 heterocycles. The van der Waals surface area contributed by atoms with Crippen LogP contribution in [0.25, 0.3) is 0 Å². The van der Waals surface area contributed by atoms with Gasteiger partial charge in [0.05, 0.1) is 7.11 Å². The summed E-state index contributed by atoms with van der Waals surface area (Å²) in [4.78, 5) is 0. The van der Waals surface area contributed by atoms with Crippen molar-refractivity contribution in [1.29, 1.82) is 0 Å². The van der Waals surface area contributed by atoms with Crippen LogP contribution < -0.4 is 4.74 Å². The number of methoxy groups -OCH3 is 1. The number of aromatic hydroxyl groups is 1. The molecule has 2 nitrogen and oxygen atoms in total. The Balaban J connectivity index is 2.92.